The van der Waals surface area contributed by atoms with Crippen LogP contribution in [-0.4, -0.2) is 0 Å². The number of rotatable bonds is 2. The Morgan fingerprint density at radius 2 is 1.92 bits per heavy atom. The lowest BCUT2D eigenvalue weighted by atomic mass is 10.1. The molecule has 13 heavy (non-hydrogen) atoms. The molecule has 1 aromatic carbocycles. The van der Waals surface area contributed by atoms with Crippen LogP contribution in [0.4, 0.5) is 0 Å². The van der Waals surface area contributed by atoms with Crippen molar-refractivity contribution in [3.8, 4) is 6.07 Å². The van der Waals surface area contributed by atoms with E-state index in [-0.39, 0.29) is 5.41 Å². The van der Waals surface area contributed by atoms with E-state index >= 15 is 0 Å². The summed E-state index contributed by atoms with van der Waals surface area (Å²) in [4.78, 5) is 0. The average Bonchev–Trinajstić information content (AvgIpc) is 2.97. The second-order valence-electron chi connectivity index (χ2n) is 3.51. The predicted molar refractivity (Wildman–Crippen MR) is 52.8 cm³/mol. The first-order chi connectivity index (χ1) is 6.35. The van der Waals surface area contributed by atoms with Crippen molar-refractivity contribution in [1.29, 1.82) is 5.26 Å². The Bertz CT molecular complexity index is 352. The first-order valence-corrected chi connectivity index (χ1v) is 4.50. The lowest BCUT2D eigenvalue weighted by Crippen LogP contribution is -1.87. The summed E-state index contributed by atoms with van der Waals surface area (Å²) in [7, 11) is 0. The fraction of sp³-hybridized carbons (Fsp3) is 0.250. The molecule has 1 fully saturated rings. The number of allylic oxidation sites excluding steroid dienone is 1. The maximum Gasteiger partial charge on any atom is 0.0758 e. The summed E-state index contributed by atoms with van der Waals surface area (Å²) in [6.45, 7) is 0. The van der Waals surface area contributed by atoms with Gasteiger partial charge in [-0.3, -0.25) is 0 Å². The molecule has 0 N–H and O–H groups in total. The average molecular weight is 169 g/mol. The molecule has 1 saturated carbocycles. The van der Waals surface area contributed by atoms with E-state index in [9.17, 15) is 0 Å². The summed E-state index contributed by atoms with van der Waals surface area (Å²) in [6.07, 6.45) is 6.11. The third-order valence-corrected chi connectivity index (χ3v) is 2.41. The second-order valence-corrected chi connectivity index (χ2v) is 3.51. The normalized spacial score (nSPS) is 18.4. The van der Waals surface area contributed by atoms with Gasteiger partial charge in [0.05, 0.1) is 11.5 Å². The Balaban J connectivity index is 2.11. The van der Waals surface area contributed by atoms with Crippen LogP contribution in [0.25, 0.3) is 6.08 Å². The van der Waals surface area contributed by atoms with Crippen molar-refractivity contribution in [2.24, 2.45) is 5.41 Å². The maximum absolute atomic E-state index is 8.83. The van der Waals surface area contributed by atoms with E-state index in [1.165, 1.54) is 5.56 Å². The van der Waals surface area contributed by atoms with Crippen LogP contribution >= 0.6 is 0 Å². The maximum atomic E-state index is 8.83. The van der Waals surface area contributed by atoms with Crippen LogP contribution in [0.5, 0.6) is 0 Å². The van der Waals surface area contributed by atoms with Crippen molar-refractivity contribution in [2.45, 2.75) is 12.8 Å². The third kappa shape index (κ3) is 1.78. The fourth-order valence-corrected chi connectivity index (χ4v) is 1.27. The van der Waals surface area contributed by atoms with Gasteiger partial charge in [-0.05, 0) is 18.4 Å². The Morgan fingerprint density at radius 1 is 1.23 bits per heavy atom. The van der Waals surface area contributed by atoms with Gasteiger partial charge in [0.25, 0.3) is 0 Å². The third-order valence-electron chi connectivity index (χ3n) is 2.41. The fourth-order valence-electron chi connectivity index (χ4n) is 1.27. The number of hydrogen-bond donors (Lipinski definition) is 0. The number of nitriles is 1. The first kappa shape index (κ1) is 8.07. The topological polar surface area (TPSA) is 23.8 Å². The predicted octanol–water partition coefficient (Wildman–Crippen LogP) is 3.00. The molecule has 1 heteroatoms. The molecule has 0 spiro atoms. The van der Waals surface area contributed by atoms with Gasteiger partial charge >= 0.3 is 0 Å². The standard InChI is InChI=1S/C12H11N/c13-10-12(8-9-12)7-6-11-4-2-1-3-5-11/h1-7H,8-9H2/b7-6+. The SMILES string of the molecule is N#CC1(/C=C/c2ccccc2)CC1. The van der Waals surface area contributed by atoms with E-state index in [2.05, 4.69) is 6.07 Å². The largest absolute Gasteiger partial charge is 0.197 e. The molecule has 0 heterocycles. The Labute approximate surface area is 78.3 Å². The minimum absolute atomic E-state index is 0.129. The van der Waals surface area contributed by atoms with Crippen LogP contribution in [0.3, 0.4) is 0 Å². The summed E-state index contributed by atoms with van der Waals surface area (Å²) in [6, 6.07) is 12.4. The zero-order valence-corrected chi connectivity index (χ0v) is 7.40. The second kappa shape index (κ2) is 3.06. The summed E-state index contributed by atoms with van der Waals surface area (Å²) >= 11 is 0. The summed E-state index contributed by atoms with van der Waals surface area (Å²) in [5, 5.41) is 8.83. The molecule has 0 saturated heterocycles. The molecule has 0 aliphatic heterocycles. The Morgan fingerprint density at radius 3 is 2.46 bits per heavy atom. The molecule has 0 bridgehead atoms. The molecule has 2 rings (SSSR count). The van der Waals surface area contributed by atoms with E-state index in [1.807, 2.05) is 42.5 Å². The minimum atomic E-state index is -0.129. The van der Waals surface area contributed by atoms with Crippen molar-refractivity contribution in [3.05, 3.63) is 42.0 Å². The van der Waals surface area contributed by atoms with Crippen molar-refractivity contribution < 1.29 is 0 Å². The highest BCUT2D eigenvalue weighted by atomic mass is 14.5. The molecule has 1 aliphatic rings. The van der Waals surface area contributed by atoms with Gasteiger partial charge in [-0.2, -0.15) is 5.26 Å². The van der Waals surface area contributed by atoms with Crippen molar-refractivity contribution in [2.75, 3.05) is 0 Å². The van der Waals surface area contributed by atoms with Crippen LogP contribution < -0.4 is 0 Å². The van der Waals surface area contributed by atoms with Gasteiger partial charge in [0.15, 0.2) is 0 Å². The van der Waals surface area contributed by atoms with Gasteiger partial charge in [0.2, 0.25) is 0 Å². The number of nitrogens with zero attached hydrogens (tertiary/aromatic N) is 1. The van der Waals surface area contributed by atoms with Gasteiger partial charge in [-0.1, -0.05) is 42.5 Å². The molecule has 0 aromatic heterocycles. The molecule has 1 nitrogen and oxygen atoms in total. The zero-order valence-electron chi connectivity index (χ0n) is 7.40. The quantitative estimate of drug-likeness (QED) is 0.667. The van der Waals surface area contributed by atoms with Gasteiger partial charge in [-0.25, -0.2) is 0 Å². The smallest absolute Gasteiger partial charge is 0.0758 e. The molecule has 0 unspecified atom stereocenters. The minimum Gasteiger partial charge on any atom is -0.197 e. The lowest BCUT2D eigenvalue weighted by molar-refractivity contribution is 0.882. The molecule has 0 atom stereocenters. The highest BCUT2D eigenvalue weighted by Gasteiger charge is 2.40. The van der Waals surface area contributed by atoms with Crippen LogP contribution in [-0.2, 0) is 0 Å². The van der Waals surface area contributed by atoms with Crippen molar-refractivity contribution >= 4 is 6.08 Å². The molecular formula is C12H11N. The number of hydrogen-bond acceptors (Lipinski definition) is 1. The Hall–Kier alpha value is -1.55. The Kier molecular flexibility index (Phi) is 1.90. The highest BCUT2D eigenvalue weighted by Crippen LogP contribution is 2.46. The van der Waals surface area contributed by atoms with E-state index < -0.39 is 0 Å². The lowest BCUT2D eigenvalue weighted by Gasteiger charge is -1.95. The summed E-state index contributed by atoms with van der Waals surface area (Å²) in [5.74, 6) is 0. The van der Waals surface area contributed by atoms with Gasteiger partial charge in [-0.15, -0.1) is 0 Å². The van der Waals surface area contributed by atoms with E-state index in [4.69, 9.17) is 5.26 Å². The van der Waals surface area contributed by atoms with Crippen molar-refractivity contribution in [3.63, 3.8) is 0 Å². The van der Waals surface area contributed by atoms with E-state index in [0.29, 0.717) is 0 Å². The van der Waals surface area contributed by atoms with E-state index in [1.54, 1.807) is 0 Å². The van der Waals surface area contributed by atoms with Crippen LogP contribution in [0.15, 0.2) is 36.4 Å². The van der Waals surface area contributed by atoms with Gasteiger partial charge in [0, 0.05) is 0 Å². The molecule has 64 valence electrons. The van der Waals surface area contributed by atoms with Gasteiger partial charge < -0.3 is 0 Å². The molecule has 1 aliphatic carbocycles. The zero-order chi connectivity index (χ0) is 9.15. The molecule has 0 amide bonds. The monoisotopic (exact) mass is 169 g/mol. The van der Waals surface area contributed by atoms with Crippen LogP contribution in [0.2, 0.25) is 0 Å². The molecule has 1 aromatic rings. The highest BCUT2D eigenvalue weighted by molar-refractivity contribution is 5.51. The van der Waals surface area contributed by atoms with Crippen LogP contribution in [0.1, 0.15) is 18.4 Å². The van der Waals surface area contributed by atoms with E-state index in [0.717, 1.165) is 12.8 Å². The van der Waals surface area contributed by atoms with Crippen molar-refractivity contribution in [1.82, 2.24) is 0 Å². The molecule has 0 radical (unpaired) electrons. The molecular weight excluding hydrogens is 158 g/mol. The summed E-state index contributed by atoms with van der Waals surface area (Å²) < 4.78 is 0. The van der Waals surface area contributed by atoms with Gasteiger partial charge in [0.1, 0.15) is 0 Å². The first-order valence-electron chi connectivity index (χ1n) is 4.50. The van der Waals surface area contributed by atoms with Crippen LogP contribution in [0, 0.1) is 16.7 Å². The number of benzene rings is 1. The summed E-state index contributed by atoms with van der Waals surface area (Å²) in [5.41, 5.74) is 1.04.